The first-order valence-corrected chi connectivity index (χ1v) is 4.35. The molecule has 1 aromatic rings. The molecule has 68 valence electrons. The van der Waals surface area contributed by atoms with Crippen molar-refractivity contribution in [3.63, 3.8) is 0 Å². The van der Waals surface area contributed by atoms with Crippen LogP contribution in [-0.4, -0.2) is 6.29 Å². The molecule has 0 fully saturated rings. The molecule has 1 heteroatoms. The molecule has 0 radical (unpaired) electrons. The Bertz CT molecular complexity index is 344. The van der Waals surface area contributed by atoms with Gasteiger partial charge in [-0.3, -0.25) is 4.79 Å². The van der Waals surface area contributed by atoms with Crippen LogP contribution in [0, 0.1) is 0 Å². The molecule has 0 bridgehead atoms. The zero-order valence-electron chi connectivity index (χ0n) is 8.29. The second-order valence-electron chi connectivity index (χ2n) is 3.33. The van der Waals surface area contributed by atoms with Crippen molar-refractivity contribution in [2.24, 2.45) is 0 Å². The van der Waals surface area contributed by atoms with E-state index >= 15 is 0 Å². The third-order valence-electron chi connectivity index (χ3n) is 2.24. The average Bonchev–Trinajstić information content (AvgIpc) is 2.16. The fraction of sp³-hybridized carbons (Fsp3) is 0.250. The number of aldehydes is 1. The summed E-state index contributed by atoms with van der Waals surface area (Å²) in [4.78, 5) is 10.7. The minimum absolute atomic E-state index is 0.765. The van der Waals surface area contributed by atoms with E-state index in [1.807, 2.05) is 31.2 Å². The van der Waals surface area contributed by atoms with Gasteiger partial charge in [-0.15, -0.1) is 0 Å². The van der Waals surface area contributed by atoms with Crippen LogP contribution in [0.15, 0.2) is 29.8 Å². The van der Waals surface area contributed by atoms with Crippen LogP contribution in [0.5, 0.6) is 0 Å². The smallest absolute Gasteiger partial charge is 0.150 e. The van der Waals surface area contributed by atoms with Gasteiger partial charge in [0.2, 0.25) is 0 Å². The van der Waals surface area contributed by atoms with Crippen molar-refractivity contribution in [2.45, 2.75) is 20.8 Å². The zero-order valence-corrected chi connectivity index (χ0v) is 8.29. The molecular weight excluding hydrogens is 160 g/mol. The average molecular weight is 174 g/mol. The minimum Gasteiger partial charge on any atom is -0.298 e. The standard InChI is InChI=1S/C12H14O/c1-9(2)10(3)12-7-5-4-6-11(12)8-13/h4-8H,1-3H3. The Morgan fingerprint density at radius 1 is 1.15 bits per heavy atom. The number of hydrogen-bond donors (Lipinski definition) is 0. The second-order valence-corrected chi connectivity index (χ2v) is 3.33. The summed E-state index contributed by atoms with van der Waals surface area (Å²) in [5.41, 5.74) is 4.23. The summed E-state index contributed by atoms with van der Waals surface area (Å²) < 4.78 is 0. The molecule has 0 aliphatic heterocycles. The van der Waals surface area contributed by atoms with Crippen LogP contribution in [0.1, 0.15) is 36.7 Å². The summed E-state index contributed by atoms with van der Waals surface area (Å²) in [6, 6.07) is 7.65. The SMILES string of the molecule is CC(C)=C(C)c1ccccc1C=O. The van der Waals surface area contributed by atoms with Crippen molar-refractivity contribution in [1.29, 1.82) is 0 Å². The molecular formula is C12H14O. The molecule has 1 aromatic carbocycles. The van der Waals surface area contributed by atoms with Crippen molar-refractivity contribution in [1.82, 2.24) is 0 Å². The molecule has 0 saturated carbocycles. The van der Waals surface area contributed by atoms with Gasteiger partial charge in [-0.1, -0.05) is 29.8 Å². The molecule has 0 spiro atoms. The number of carbonyl (C=O) groups excluding carboxylic acids is 1. The van der Waals surface area contributed by atoms with Gasteiger partial charge in [0.1, 0.15) is 0 Å². The number of benzene rings is 1. The summed E-state index contributed by atoms with van der Waals surface area (Å²) in [5, 5.41) is 0. The Labute approximate surface area is 79.1 Å². The zero-order chi connectivity index (χ0) is 9.84. The lowest BCUT2D eigenvalue weighted by molar-refractivity contribution is 0.112. The predicted molar refractivity (Wildman–Crippen MR) is 55.8 cm³/mol. The summed E-state index contributed by atoms with van der Waals surface area (Å²) in [6.45, 7) is 6.14. The van der Waals surface area contributed by atoms with Crippen molar-refractivity contribution in [3.8, 4) is 0 Å². The Hall–Kier alpha value is -1.37. The number of carbonyl (C=O) groups is 1. The van der Waals surface area contributed by atoms with E-state index in [2.05, 4.69) is 13.8 Å². The van der Waals surface area contributed by atoms with Crippen molar-refractivity contribution in [2.75, 3.05) is 0 Å². The van der Waals surface area contributed by atoms with Gasteiger partial charge in [0.15, 0.2) is 6.29 Å². The molecule has 13 heavy (non-hydrogen) atoms. The number of rotatable bonds is 2. The highest BCUT2D eigenvalue weighted by atomic mass is 16.1. The third-order valence-corrected chi connectivity index (χ3v) is 2.24. The van der Waals surface area contributed by atoms with Crippen LogP contribution in [0.25, 0.3) is 5.57 Å². The molecule has 1 nitrogen and oxygen atoms in total. The van der Waals surface area contributed by atoms with Gasteiger partial charge in [0.05, 0.1) is 0 Å². The Morgan fingerprint density at radius 3 is 2.31 bits per heavy atom. The minimum atomic E-state index is 0.765. The second kappa shape index (κ2) is 4.04. The lowest BCUT2D eigenvalue weighted by Gasteiger charge is -2.06. The third kappa shape index (κ3) is 2.05. The van der Waals surface area contributed by atoms with E-state index in [9.17, 15) is 4.79 Å². The van der Waals surface area contributed by atoms with Crippen molar-refractivity contribution < 1.29 is 4.79 Å². The van der Waals surface area contributed by atoms with Gasteiger partial charge >= 0.3 is 0 Å². The fourth-order valence-corrected chi connectivity index (χ4v) is 1.21. The fourth-order valence-electron chi connectivity index (χ4n) is 1.21. The van der Waals surface area contributed by atoms with E-state index in [-0.39, 0.29) is 0 Å². The van der Waals surface area contributed by atoms with Crippen molar-refractivity contribution >= 4 is 11.9 Å². The number of hydrogen-bond acceptors (Lipinski definition) is 1. The molecule has 0 aromatic heterocycles. The van der Waals surface area contributed by atoms with E-state index in [0.29, 0.717) is 0 Å². The first-order chi connectivity index (χ1) is 6.16. The maximum Gasteiger partial charge on any atom is 0.150 e. The first kappa shape index (κ1) is 9.72. The molecule has 0 saturated heterocycles. The first-order valence-electron chi connectivity index (χ1n) is 4.35. The molecule has 0 heterocycles. The Balaban J connectivity index is 3.29. The van der Waals surface area contributed by atoms with E-state index < -0.39 is 0 Å². The van der Waals surface area contributed by atoms with Gasteiger partial charge in [-0.05, 0) is 31.9 Å². The lowest BCUT2D eigenvalue weighted by atomic mass is 9.99. The summed E-state index contributed by atoms with van der Waals surface area (Å²) >= 11 is 0. The highest BCUT2D eigenvalue weighted by Gasteiger charge is 2.02. The van der Waals surface area contributed by atoms with Gasteiger partial charge < -0.3 is 0 Å². The molecule has 0 N–H and O–H groups in total. The van der Waals surface area contributed by atoms with Crippen LogP contribution >= 0.6 is 0 Å². The van der Waals surface area contributed by atoms with E-state index in [1.165, 1.54) is 11.1 Å². The monoisotopic (exact) mass is 174 g/mol. The molecule has 0 unspecified atom stereocenters. The van der Waals surface area contributed by atoms with Crippen LogP contribution in [-0.2, 0) is 0 Å². The highest BCUT2D eigenvalue weighted by Crippen LogP contribution is 2.20. The van der Waals surface area contributed by atoms with E-state index in [0.717, 1.165) is 17.4 Å². The quantitative estimate of drug-likeness (QED) is 0.628. The van der Waals surface area contributed by atoms with Crippen LogP contribution in [0.3, 0.4) is 0 Å². The number of allylic oxidation sites excluding steroid dienone is 2. The summed E-state index contributed by atoms with van der Waals surface area (Å²) in [5.74, 6) is 0. The lowest BCUT2D eigenvalue weighted by Crippen LogP contribution is -1.90. The molecule has 0 atom stereocenters. The molecule has 0 amide bonds. The molecule has 0 aliphatic carbocycles. The van der Waals surface area contributed by atoms with Gasteiger partial charge in [0, 0.05) is 5.56 Å². The highest BCUT2D eigenvalue weighted by molar-refractivity contribution is 5.85. The van der Waals surface area contributed by atoms with Crippen LogP contribution < -0.4 is 0 Å². The predicted octanol–water partition coefficient (Wildman–Crippen LogP) is 3.31. The van der Waals surface area contributed by atoms with Gasteiger partial charge in [-0.2, -0.15) is 0 Å². The topological polar surface area (TPSA) is 17.1 Å². The molecule has 1 rings (SSSR count). The Morgan fingerprint density at radius 2 is 1.77 bits per heavy atom. The summed E-state index contributed by atoms with van der Waals surface area (Å²) in [6.07, 6.45) is 0.905. The maximum absolute atomic E-state index is 10.7. The van der Waals surface area contributed by atoms with Gasteiger partial charge in [0.25, 0.3) is 0 Å². The van der Waals surface area contributed by atoms with Gasteiger partial charge in [-0.25, -0.2) is 0 Å². The normalized spacial score (nSPS) is 9.46. The largest absolute Gasteiger partial charge is 0.298 e. The Kier molecular flexibility index (Phi) is 3.02. The van der Waals surface area contributed by atoms with Crippen LogP contribution in [0.2, 0.25) is 0 Å². The van der Waals surface area contributed by atoms with Crippen LogP contribution in [0.4, 0.5) is 0 Å². The van der Waals surface area contributed by atoms with E-state index in [1.54, 1.807) is 0 Å². The maximum atomic E-state index is 10.7. The van der Waals surface area contributed by atoms with Crippen molar-refractivity contribution in [3.05, 3.63) is 41.0 Å². The van der Waals surface area contributed by atoms with E-state index in [4.69, 9.17) is 0 Å². The summed E-state index contributed by atoms with van der Waals surface area (Å²) in [7, 11) is 0. The molecule has 0 aliphatic rings.